The molecule has 0 unspecified atom stereocenters. The predicted molar refractivity (Wildman–Crippen MR) is 113 cm³/mol. The molecular weight excluding hydrogens is 419 g/mol. The first-order valence-electron chi connectivity index (χ1n) is 8.87. The van der Waals surface area contributed by atoms with Gasteiger partial charge in [-0.05, 0) is 36.4 Å². The minimum Gasteiger partial charge on any atom is -1.00 e. The van der Waals surface area contributed by atoms with Crippen molar-refractivity contribution in [1.29, 1.82) is 0 Å². The van der Waals surface area contributed by atoms with Gasteiger partial charge in [0.2, 0.25) is 0 Å². The average Bonchev–Trinajstić information content (AvgIpc) is 2.73. The van der Waals surface area contributed by atoms with Crippen LogP contribution in [0.5, 0.6) is 0 Å². The lowest BCUT2D eigenvalue weighted by molar-refractivity contribution is -0.00000523. The van der Waals surface area contributed by atoms with Gasteiger partial charge in [-0.3, -0.25) is 5.01 Å². The first kappa shape index (κ1) is 21.3. The van der Waals surface area contributed by atoms with Crippen molar-refractivity contribution in [3.63, 3.8) is 0 Å². The summed E-state index contributed by atoms with van der Waals surface area (Å²) < 4.78 is 0. The summed E-state index contributed by atoms with van der Waals surface area (Å²) in [6.07, 6.45) is 1.92. The van der Waals surface area contributed by atoms with Crippen molar-refractivity contribution in [3.8, 4) is 0 Å². The highest BCUT2D eigenvalue weighted by Crippen LogP contribution is 2.55. The molecule has 0 aliphatic rings. The van der Waals surface area contributed by atoms with E-state index in [1.165, 1.54) is 20.9 Å². The van der Waals surface area contributed by atoms with Gasteiger partial charge in [-0.25, -0.2) is 0 Å². The summed E-state index contributed by atoms with van der Waals surface area (Å²) in [4.78, 5) is 10.8. The predicted octanol–water partition coefficient (Wildman–Crippen LogP) is 0.988. The number of nitroso groups, excluding NO2 is 1. The van der Waals surface area contributed by atoms with Gasteiger partial charge in [-0.2, -0.15) is 0 Å². The van der Waals surface area contributed by atoms with E-state index in [9.17, 15) is 4.91 Å². The number of nitrogens with zero attached hydrogens (tertiary/aromatic N) is 2. The van der Waals surface area contributed by atoms with Crippen molar-refractivity contribution in [2.45, 2.75) is 6.42 Å². The van der Waals surface area contributed by atoms with Crippen LogP contribution in [0.4, 0.5) is 0 Å². The molecule has 0 aliphatic carbocycles. The maximum absolute atomic E-state index is 10.8. The molecule has 0 saturated heterocycles. The van der Waals surface area contributed by atoms with E-state index >= 15 is 0 Å². The summed E-state index contributed by atoms with van der Waals surface area (Å²) in [5, 5.41) is 8.63. The molecule has 3 aromatic carbocycles. The summed E-state index contributed by atoms with van der Waals surface area (Å²) in [5.41, 5.74) is 0. The maximum atomic E-state index is 10.8. The Bertz CT molecular complexity index is 719. The van der Waals surface area contributed by atoms with Gasteiger partial charge < -0.3 is 17.0 Å². The lowest BCUT2D eigenvalue weighted by atomic mass is 10.3. The molecule has 0 fully saturated rings. The Morgan fingerprint density at radius 1 is 0.741 bits per heavy atom. The van der Waals surface area contributed by atoms with Gasteiger partial charge in [-0.15, -0.1) is 4.91 Å². The standard InChI is InChI=1S/C22H24N2OP.BrH/c1-24(23-25)18-11-19-26(20-12-5-2-6-13-20,21-14-7-3-8-15-21)22-16-9-4-10-17-22;/h2-10,12-17H,11,18-19H2,1H3;1H/q+1;/p-1. The van der Waals surface area contributed by atoms with Crippen LogP contribution in [0.1, 0.15) is 6.42 Å². The monoisotopic (exact) mass is 442 g/mol. The van der Waals surface area contributed by atoms with Gasteiger partial charge in [0.25, 0.3) is 0 Å². The fourth-order valence-electron chi connectivity index (χ4n) is 3.46. The van der Waals surface area contributed by atoms with Crippen LogP contribution in [0, 0.1) is 4.91 Å². The van der Waals surface area contributed by atoms with Crippen LogP contribution < -0.4 is 32.9 Å². The summed E-state index contributed by atoms with van der Waals surface area (Å²) in [7, 11) is -0.0535. The second-order valence-corrected chi connectivity index (χ2v) is 9.97. The van der Waals surface area contributed by atoms with Crippen molar-refractivity contribution in [2.75, 3.05) is 19.8 Å². The molecule has 0 N–H and O–H groups in total. The molecule has 3 nitrogen and oxygen atoms in total. The minimum atomic E-state index is -1.79. The molecule has 0 aromatic heterocycles. The zero-order valence-corrected chi connectivity index (χ0v) is 17.9. The molecule has 0 radical (unpaired) electrons. The molecule has 0 bridgehead atoms. The lowest BCUT2D eigenvalue weighted by Gasteiger charge is -2.28. The van der Waals surface area contributed by atoms with Gasteiger partial charge in [-0.1, -0.05) is 54.6 Å². The van der Waals surface area contributed by atoms with Gasteiger partial charge in [0, 0.05) is 20.0 Å². The van der Waals surface area contributed by atoms with Crippen molar-refractivity contribution < 1.29 is 17.0 Å². The quantitative estimate of drug-likeness (QED) is 0.296. The second-order valence-electron chi connectivity index (χ2n) is 6.36. The number of hydrogen-bond acceptors (Lipinski definition) is 2. The van der Waals surface area contributed by atoms with Crippen LogP contribution in [0.2, 0.25) is 0 Å². The van der Waals surface area contributed by atoms with Gasteiger partial charge in [0.05, 0.1) is 11.4 Å². The molecule has 0 amide bonds. The molecule has 3 rings (SSSR count). The van der Waals surface area contributed by atoms with Gasteiger partial charge in [0.1, 0.15) is 23.2 Å². The third-order valence-corrected chi connectivity index (χ3v) is 9.23. The normalized spacial score (nSPS) is 10.7. The topological polar surface area (TPSA) is 32.7 Å². The van der Waals surface area contributed by atoms with Crippen LogP contribution in [-0.2, 0) is 0 Å². The summed E-state index contributed by atoms with van der Waals surface area (Å²) in [6.45, 7) is 0.664. The van der Waals surface area contributed by atoms with Gasteiger partial charge >= 0.3 is 0 Å². The van der Waals surface area contributed by atoms with E-state index in [2.05, 4.69) is 96.3 Å². The van der Waals surface area contributed by atoms with Gasteiger partial charge in [0.15, 0.2) is 0 Å². The van der Waals surface area contributed by atoms with E-state index in [-0.39, 0.29) is 17.0 Å². The molecule has 3 aromatic rings. The molecule has 0 saturated carbocycles. The van der Waals surface area contributed by atoms with Crippen molar-refractivity contribution >= 4 is 23.2 Å². The Balaban J connectivity index is 0.00000261. The third kappa shape index (κ3) is 4.82. The Morgan fingerprint density at radius 2 is 1.11 bits per heavy atom. The van der Waals surface area contributed by atoms with Crippen LogP contribution in [0.3, 0.4) is 0 Å². The maximum Gasteiger partial charge on any atom is 0.112 e. The summed E-state index contributed by atoms with van der Waals surface area (Å²) >= 11 is 0. The zero-order valence-electron chi connectivity index (χ0n) is 15.4. The van der Waals surface area contributed by atoms with E-state index in [4.69, 9.17) is 0 Å². The molecule has 140 valence electrons. The Hall–Kier alpha value is -2.03. The molecule has 5 heteroatoms. The van der Waals surface area contributed by atoms with Crippen molar-refractivity contribution in [3.05, 3.63) is 95.9 Å². The van der Waals surface area contributed by atoms with Crippen LogP contribution in [-0.4, -0.2) is 24.8 Å². The van der Waals surface area contributed by atoms with E-state index in [1.54, 1.807) is 7.05 Å². The number of rotatable bonds is 8. The Labute approximate surface area is 172 Å². The average molecular weight is 443 g/mol. The highest BCUT2D eigenvalue weighted by atomic mass is 79.9. The largest absolute Gasteiger partial charge is 1.00 e. The third-order valence-electron chi connectivity index (χ3n) is 4.71. The van der Waals surface area contributed by atoms with Crippen LogP contribution in [0.25, 0.3) is 0 Å². The van der Waals surface area contributed by atoms with Crippen molar-refractivity contribution in [1.82, 2.24) is 5.01 Å². The molecular formula is C22H24BrN2OP. The first-order chi connectivity index (χ1) is 12.8. The molecule has 27 heavy (non-hydrogen) atoms. The number of benzene rings is 3. The first-order valence-corrected chi connectivity index (χ1v) is 10.8. The smallest absolute Gasteiger partial charge is 0.112 e. The van der Waals surface area contributed by atoms with E-state index in [0.717, 1.165) is 12.6 Å². The summed E-state index contributed by atoms with van der Waals surface area (Å²) in [5.74, 6) is 0. The highest BCUT2D eigenvalue weighted by Gasteiger charge is 2.44. The SMILES string of the molecule is CN(CCC[P+](c1ccccc1)(c1ccccc1)c1ccccc1)N=O.[Br-]. The molecule has 0 spiro atoms. The Morgan fingerprint density at radius 3 is 1.44 bits per heavy atom. The second kappa shape index (κ2) is 10.3. The van der Waals surface area contributed by atoms with Crippen molar-refractivity contribution in [2.24, 2.45) is 5.29 Å². The summed E-state index contributed by atoms with van der Waals surface area (Å²) in [6, 6.07) is 32.4. The molecule has 0 atom stereocenters. The number of halogens is 1. The zero-order chi connectivity index (χ0) is 18.2. The van der Waals surface area contributed by atoms with E-state index < -0.39 is 7.26 Å². The number of hydrogen-bond donors (Lipinski definition) is 0. The highest BCUT2D eigenvalue weighted by molar-refractivity contribution is 7.95. The van der Waals surface area contributed by atoms with E-state index in [1.807, 2.05) is 0 Å². The Kier molecular flexibility index (Phi) is 8.15. The minimum absolute atomic E-state index is 0. The van der Waals surface area contributed by atoms with Crippen LogP contribution >= 0.6 is 7.26 Å². The molecule has 0 aliphatic heterocycles. The van der Waals surface area contributed by atoms with Crippen LogP contribution in [0.15, 0.2) is 96.3 Å². The van der Waals surface area contributed by atoms with E-state index in [0.29, 0.717) is 6.54 Å². The fraction of sp³-hybridized carbons (Fsp3) is 0.182. The lowest BCUT2D eigenvalue weighted by Crippen LogP contribution is -3.00. The fourth-order valence-corrected chi connectivity index (χ4v) is 7.79. The molecule has 0 heterocycles.